The molecule has 47 heavy (non-hydrogen) atoms. The van der Waals surface area contributed by atoms with Crippen LogP contribution in [0.5, 0.6) is 11.5 Å². The van der Waals surface area contributed by atoms with Gasteiger partial charge in [-0.2, -0.15) is 0 Å². The molecule has 2 aliphatic rings. The van der Waals surface area contributed by atoms with Crippen LogP contribution in [0, 0.1) is 5.92 Å². The van der Waals surface area contributed by atoms with Gasteiger partial charge in [-0.25, -0.2) is 9.59 Å². The zero-order valence-electron chi connectivity index (χ0n) is 26.6. The van der Waals surface area contributed by atoms with Crippen LogP contribution >= 0.6 is 0 Å². The number of benzene rings is 2. The van der Waals surface area contributed by atoms with Crippen molar-refractivity contribution < 1.29 is 69.2 Å². The number of ether oxygens (including phenoxy) is 5. The van der Waals surface area contributed by atoms with Gasteiger partial charge in [0.05, 0.1) is 25.7 Å². The standard InChI is InChI=1S/C29H39N3O13.C2H6/c1-12-22(32-2)17(23(35)20(44-12)10-41-27(39)15-7-13(30)3-5-18(15)33)9-43-29-26(38)25(37)24(36)21(45-29)11-42-28(40)16-8-14(31)4-6-19(16)34;1-2/h3-8,12,17,20-26,29,32-38H,9-11,30-31H2,1-2H3;1-2H3/p+1/t12-,17-,20?,21?,22?,23-,24+,25+,26?,29+;/m0./s1. The number of rotatable bonds is 10. The van der Waals surface area contributed by atoms with Gasteiger partial charge in [0.2, 0.25) is 0 Å². The maximum absolute atomic E-state index is 12.6. The summed E-state index contributed by atoms with van der Waals surface area (Å²) in [5, 5.41) is 64.4. The van der Waals surface area contributed by atoms with Crippen molar-refractivity contribution >= 4 is 23.3 Å². The van der Waals surface area contributed by atoms with Crippen molar-refractivity contribution in [3.05, 3.63) is 47.5 Å². The summed E-state index contributed by atoms with van der Waals surface area (Å²) in [6.45, 7) is 4.60. The fourth-order valence-electron chi connectivity index (χ4n) is 5.47. The zero-order chi connectivity index (χ0) is 35.0. The van der Waals surface area contributed by atoms with Gasteiger partial charge in [-0.3, -0.25) is 0 Å². The first-order valence-corrected chi connectivity index (χ1v) is 15.3. The number of nitrogen functional groups attached to an aromatic ring is 2. The fraction of sp³-hybridized carbons (Fsp3) is 0.548. The molecule has 2 aromatic carbocycles. The van der Waals surface area contributed by atoms with E-state index in [0.717, 1.165) is 0 Å². The second-order valence-corrected chi connectivity index (χ2v) is 11.0. The van der Waals surface area contributed by atoms with E-state index in [4.69, 9.17) is 35.2 Å². The summed E-state index contributed by atoms with van der Waals surface area (Å²) in [4.78, 5) is 25.1. The summed E-state index contributed by atoms with van der Waals surface area (Å²) in [5.74, 6) is -3.20. The molecule has 16 nitrogen and oxygen atoms in total. The molecule has 0 aliphatic carbocycles. The summed E-state index contributed by atoms with van der Waals surface area (Å²) in [6, 6.07) is 7.38. The predicted octanol–water partition coefficient (Wildman–Crippen LogP) is -1.55. The first kappa shape index (κ1) is 37.7. The molecule has 4 unspecified atom stereocenters. The number of anilines is 2. The minimum atomic E-state index is -1.74. The third-order valence-corrected chi connectivity index (χ3v) is 7.99. The molecule has 10 atom stereocenters. The Kier molecular flexibility index (Phi) is 13.6. The largest absolute Gasteiger partial charge is 0.507 e. The van der Waals surface area contributed by atoms with Crippen LogP contribution in [0.3, 0.4) is 0 Å². The maximum atomic E-state index is 12.6. The third kappa shape index (κ3) is 9.00. The highest BCUT2D eigenvalue weighted by molar-refractivity contribution is 5.94. The van der Waals surface area contributed by atoms with Gasteiger partial charge in [0.15, 0.2) is 6.29 Å². The van der Waals surface area contributed by atoms with Crippen LogP contribution in [0.1, 0.15) is 41.5 Å². The number of hydrogen-bond donors (Lipinski definition) is 9. The second kappa shape index (κ2) is 16.9. The lowest BCUT2D eigenvalue weighted by Crippen LogP contribution is -2.93. The Balaban J connectivity index is 0.00000294. The molecule has 262 valence electrons. The molecule has 2 saturated heterocycles. The van der Waals surface area contributed by atoms with Gasteiger partial charge >= 0.3 is 11.9 Å². The van der Waals surface area contributed by atoms with Crippen LogP contribution < -0.4 is 16.8 Å². The van der Waals surface area contributed by atoms with E-state index < -0.39 is 73.5 Å². The smallest absolute Gasteiger partial charge is 0.342 e. The van der Waals surface area contributed by atoms with Gasteiger partial charge in [0.1, 0.15) is 78.5 Å². The number of aliphatic hydroxyl groups is 4. The number of aliphatic hydroxyl groups excluding tert-OH is 4. The lowest BCUT2D eigenvalue weighted by molar-refractivity contribution is -0.685. The van der Waals surface area contributed by atoms with Gasteiger partial charge in [-0.1, -0.05) is 13.8 Å². The monoisotopic (exact) mass is 668 g/mol. The SMILES string of the molecule is CC.C[NH2+]C1[C@H](C)OC(COC(=O)c2cc(N)ccc2O)[C@@H](O)[C@H]1CO[C@@H]1OC(COC(=O)c2cc(N)ccc2O)[C@@H](O)[C@@H](O)C1O. The number of nitrogens with two attached hydrogens (primary N) is 3. The van der Waals surface area contributed by atoms with Crippen molar-refractivity contribution in [2.24, 2.45) is 5.92 Å². The highest BCUT2D eigenvalue weighted by Gasteiger charge is 2.49. The van der Waals surface area contributed by atoms with E-state index in [2.05, 4.69) is 0 Å². The third-order valence-electron chi connectivity index (χ3n) is 7.99. The Hall–Kier alpha value is -3.74. The Morgan fingerprint density at radius 3 is 1.74 bits per heavy atom. The molecule has 0 radical (unpaired) electrons. The van der Waals surface area contributed by atoms with Crippen LogP contribution in [-0.4, -0.2) is 125 Å². The molecule has 0 saturated carbocycles. The van der Waals surface area contributed by atoms with E-state index in [9.17, 15) is 40.2 Å². The average molecular weight is 669 g/mol. The normalized spacial score (nSPS) is 30.5. The molecular weight excluding hydrogens is 622 g/mol. The quantitative estimate of drug-likeness (QED) is 0.0788. The summed E-state index contributed by atoms with van der Waals surface area (Å²) < 4.78 is 27.8. The Morgan fingerprint density at radius 2 is 1.26 bits per heavy atom. The van der Waals surface area contributed by atoms with Gasteiger partial charge in [-0.05, 0) is 43.3 Å². The number of phenolic OH excluding ortho intramolecular Hbond substituents is 2. The van der Waals surface area contributed by atoms with E-state index in [1.165, 1.54) is 36.4 Å². The van der Waals surface area contributed by atoms with Crippen molar-refractivity contribution in [2.75, 3.05) is 38.3 Å². The fourth-order valence-corrected chi connectivity index (χ4v) is 5.47. The molecule has 0 amide bonds. The molecule has 2 aromatic rings. The summed E-state index contributed by atoms with van der Waals surface area (Å²) in [5.41, 5.74) is 11.4. The van der Waals surface area contributed by atoms with E-state index in [0.29, 0.717) is 0 Å². The summed E-state index contributed by atoms with van der Waals surface area (Å²) in [6.07, 6.45) is -10.6. The first-order chi connectivity index (χ1) is 22.3. The number of carbonyl (C=O) groups excluding carboxylic acids is 2. The topological polar surface area (TPSA) is 270 Å². The van der Waals surface area contributed by atoms with Crippen molar-refractivity contribution in [3.63, 3.8) is 0 Å². The zero-order valence-corrected chi connectivity index (χ0v) is 26.6. The lowest BCUT2D eigenvalue weighted by atomic mass is 9.85. The van der Waals surface area contributed by atoms with Crippen LogP contribution in [0.15, 0.2) is 36.4 Å². The number of phenols is 2. The molecule has 16 heteroatoms. The van der Waals surface area contributed by atoms with E-state index in [1.807, 2.05) is 13.8 Å². The number of carbonyl (C=O) groups is 2. The van der Waals surface area contributed by atoms with Gasteiger partial charge in [0.25, 0.3) is 0 Å². The van der Waals surface area contributed by atoms with Gasteiger partial charge in [-0.15, -0.1) is 0 Å². The minimum absolute atomic E-state index is 0.151. The molecule has 0 aromatic heterocycles. The van der Waals surface area contributed by atoms with Crippen LogP contribution in [-0.2, 0) is 23.7 Å². The molecule has 2 fully saturated rings. The summed E-state index contributed by atoms with van der Waals surface area (Å²) in [7, 11) is 1.77. The van der Waals surface area contributed by atoms with Gasteiger partial charge < -0.3 is 71.1 Å². The van der Waals surface area contributed by atoms with Gasteiger partial charge in [0, 0.05) is 11.4 Å². The maximum Gasteiger partial charge on any atom is 0.342 e. The van der Waals surface area contributed by atoms with Crippen molar-refractivity contribution in [1.29, 1.82) is 0 Å². The number of hydrogen-bond acceptors (Lipinski definition) is 15. The number of aromatic hydroxyl groups is 2. The van der Waals surface area contributed by atoms with E-state index >= 15 is 0 Å². The lowest BCUT2D eigenvalue weighted by Gasteiger charge is -2.43. The van der Waals surface area contributed by atoms with Crippen LogP contribution in [0.2, 0.25) is 0 Å². The predicted molar refractivity (Wildman–Crippen MR) is 165 cm³/mol. The minimum Gasteiger partial charge on any atom is -0.507 e. The molecule has 4 rings (SSSR count). The van der Waals surface area contributed by atoms with Crippen molar-refractivity contribution in [2.45, 2.75) is 75.8 Å². The van der Waals surface area contributed by atoms with Crippen LogP contribution in [0.4, 0.5) is 11.4 Å². The molecule has 2 heterocycles. The Morgan fingerprint density at radius 1 is 0.766 bits per heavy atom. The summed E-state index contributed by atoms with van der Waals surface area (Å²) >= 11 is 0. The number of esters is 2. The highest BCUT2D eigenvalue weighted by Crippen LogP contribution is 2.29. The molecule has 12 N–H and O–H groups in total. The highest BCUT2D eigenvalue weighted by atomic mass is 16.7. The Labute approximate surface area is 271 Å². The number of quaternary nitrogens is 1. The van der Waals surface area contributed by atoms with E-state index in [-0.39, 0.29) is 53.3 Å². The molecule has 0 bridgehead atoms. The molecular formula is C31H46N3O13+. The van der Waals surface area contributed by atoms with E-state index in [1.54, 1.807) is 19.3 Å². The first-order valence-electron chi connectivity index (χ1n) is 15.3. The molecule has 0 spiro atoms. The number of likely N-dealkylation sites (N-methyl/N-ethyl adjacent to an activating group) is 1. The van der Waals surface area contributed by atoms with Crippen molar-refractivity contribution in [1.82, 2.24) is 0 Å². The Bertz CT molecular complexity index is 1350. The average Bonchev–Trinajstić information content (AvgIpc) is 3.06. The van der Waals surface area contributed by atoms with Crippen molar-refractivity contribution in [3.8, 4) is 11.5 Å². The second-order valence-electron chi connectivity index (χ2n) is 11.0. The van der Waals surface area contributed by atoms with Crippen LogP contribution in [0.25, 0.3) is 0 Å². The molecule has 2 aliphatic heterocycles.